The summed E-state index contributed by atoms with van der Waals surface area (Å²) >= 11 is 0. The summed E-state index contributed by atoms with van der Waals surface area (Å²) in [5.41, 5.74) is 6.04. The Morgan fingerprint density at radius 2 is 1.95 bits per heavy atom. The summed E-state index contributed by atoms with van der Waals surface area (Å²) in [7, 11) is 2.19. The third-order valence-corrected chi connectivity index (χ3v) is 4.04. The lowest BCUT2D eigenvalue weighted by Crippen LogP contribution is -2.24. The maximum absolute atomic E-state index is 4.50. The van der Waals surface area contributed by atoms with E-state index < -0.39 is 0 Å². The standard InChI is InChI=1S/C16H27N5/c1-12-11-13(2)21(19-12)9-6-8-20(5)10-7-16-14(3)17-18-15(16)4/h11H,6-10H2,1-5H3,(H,17,18). The molecule has 116 valence electrons. The number of likely N-dealkylation sites (N-methyl/N-ethyl adjacent to an activating group) is 1. The molecule has 0 saturated heterocycles. The van der Waals surface area contributed by atoms with Crippen LogP contribution < -0.4 is 0 Å². The Morgan fingerprint density at radius 1 is 1.19 bits per heavy atom. The van der Waals surface area contributed by atoms with Crippen molar-refractivity contribution in [3.8, 4) is 0 Å². The number of hydrogen-bond acceptors (Lipinski definition) is 3. The Morgan fingerprint density at radius 3 is 2.52 bits per heavy atom. The number of aromatic nitrogens is 4. The van der Waals surface area contributed by atoms with Gasteiger partial charge in [0.2, 0.25) is 0 Å². The lowest BCUT2D eigenvalue weighted by molar-refractivity contribution is 0.321. The number of aryl methyl sites for hydroxylation is 5. The molecular weight excluding hydrogens is 262 g/mol. The van der Waals surface area contributed by atoms with E-state index in [-0.39, 0.29) is 0 Å². The number of rotatable bonds is 7. The average Bonchev–Trinajstić information content (AvgIpc) is 2.90. The first-order valence-corrected chi connectivity index (χ1v) is 7.67. The predicted molar refractivity (Wildman–Crippen MR) is 85.6 cm³/mol. The van der Waals surface area contributed by atoms with Gasteiger partial charge in [-0.05, 0) is 65.8 Å². The Bertz CT molecular complexity index is 562. The molecule has 0 unspecified atom stereocenters. The molecule has 2 aromatic rings. The molecule has 0 aromatic carbocycles. The van der Waals surface area contributed by atoms with Gasteiger partial charge in [0.15, 0.2) is 0 Å². The molecule has 0 bridgehead atoms. The Balaban J connectivity index is 1.73. The van der Waals surface area contributed by atoms with E-state index >= 15 is 0 Å². The van der Waals surface area contributed by atoms with Crippen LogP contribution in [0.2, 0.25) is 0 Å². The molecule has 0 aliphatic heterocycles. The van der Waals surface area contributed by atoms with Crippen LogP contribution in [0.4, 0.5) is 0 Å². The van der Waals surface area contributed by atoms with Crippen LogP contribution in [-0.4, -0.2) is 45.0 Å². The van der Waals surface area contributed by atoms with Gasteiger partial charge >= 0.3 is 0 Å². The third-order valence-electron chi connectivity index (χ3n) is 4.04. The minimum atomic E-state index is 0.994. The second-order valence-electron chi connectivity index (χ2n) is 5.97. The Hall–Kier alpha value is -1.62. The zero-order valence-electron chi connectivity index (χ0n) is 13.9. The fourth-order valence-electron chi connectivity index (χ4n) is 2.75. The minimum absolute atomic E-state index is 0.994. The van der Waals surface area contributed by atoms with E-state index in [0.29, 0.717) is 0 Å². The van der Waals surface area contributed by atoms with Crippen LogP contribution in [0.1, 0.15) is 34.8 Å². The summed E-state index contributed by atoms with van der Waals surface area (Å²) < 4.78 is 2.10. The van der Waals surface area contributed by atoms with E-state index in [4.69, 9.17) is 0 Å². The highest BCUT2D eigenvalue weighted by Crippen LogP contribution is 2.10. The van der Waals surface area contributed by atoms with Gasteiger partial charge in [0.05, 0.1) is 11.4 Å². The molecule has 1 N–H and O–H groups in total. The van der Waals surface area contributed by atoms with Gasteiger partial charge in [0, 0.05) is 24.5 Å². The topological polar surface area (TPSA) is 49.7 Å². The molecule has 0 atom stereocenters. The van der Waals surface area contributed by atoms with Gasteiger partial charge in [-0.1, -0.05) is 0 Å². The smallest absolute Gasteiger partial charge is 0.0626 e. The van der Waals surface area contributed by atoms with Gasteiger partial charge in [0.25, 0.3) is 0 Å². The van der Waals surface area contributed by atoms with Crippen molar-refractivity contribution in [1.29, 1.82) is 0 Å². The summed E-state index contributed by atoms with van der Waals surface area (Å²) in [5, 5.41) is 11.8. The molecule has 21 heavy (non-hydrogen) atoms. The van der Waals surface area contributed by atoms with Crippen molar-refractivity contribution in [3.63, 3.8) is 0 Å². The molecule has 0 amide bonds. The van der Waals surface area contributed by atoms with Crippen molar-refractivity contribution in [1.82, 2.24) is 24.9 Å². The Labute approximate surface area is 127 Å². The monoisotopic (exact) mass is 289 g/mol. The third kappa shape index (κ3) is 4.17. The quantitative estimate of drug-likeness (QED) is 0.851. The van der Waals surface area contributed by atoms with Gasteiger partial charge < -0.3 is 4.90 Å². The summed E-state index contributed by atoms with van der Waals surface area (Å²) in [6, 6.07) is 2.13. The van der Waals surface area contributed by atoms with Gasteiger partial charge in [-0.25, -0.2) is 0 Å². The predicted octanol–water partition coefficient (Wildman–Crippen LogP) is 2.40. The maximum atomic E-state index is 4.50. The number of hydrogen-bond donors (Lipinski definition) is 1. The molecule has 0 spiro atoms. The molecule has 2 aromatic heterocycles. The summed E-state index contributed by atoms with van der Waals surface area (Å²) in [4.78, 5) is 2.39. The second kappa shape index (κ2) is 6.89. The SMILES string of the molecule is Cc1cc(C)n(CCCN(C)CCc2c(C)n[nH]c2C)n1. The van der Waals surface area contributed by atoms with Crippen molar-refractivity contribution in [3.05, 3.63) is 34.4 Å². The van der Waals surface area contributed by atoms with Gasteiger partial charge in [-0.15, -0.1) is 0 Å². The molecular formula is C16H27N5. The van der Waals surface area contributed by atoms with Crippen molar-refractivity contribution in [2.75, 3.05) is 20.1 Å². The van der Waals surface area contributed by atoms with E-state index in [1.165, 1.54) is 17.0 Å². The van der Waals surface area contributed by atoms with E-state index in [1.807, 2.05) is 6.92 Å². The molecule has 0 radical (unpaired) electrons. The van der Waals surface area contributed by atoms with Crippen molar-refractivity contribution in [2.24, 2.45) is 0 Å². The van der Waals surface area contributed by atoms with Crippen molar-refractivity contribution >= 4 is 0 Å². The summed E-state index contributed by atoms with van der Waals surface area (Å²) in [6.45, 7) is 11.5. The molecule has 0 aliphatic rings. The second-order valence-corrected chi connectivity index (χ2v) is 5.97. The van der Waals surface area contributed by atoms with Crippen LogP contribution in [0, 0.1) is 27.7 Å². The van der Waals surface area contributed by atoms with Gasteiger partial charge in [-0.2, -0.15) is 10.2 Å². The highest BCUT2D eigenvalue weighted by atomic mass is 15.3. The first-order valence-electron chi connectivity index (χ1n) is 7.67. The average molecular weight is 289 g/mol. The fourth-order valence-corrected chi connectivity index (χ4v) is 2.75. The van der Waals surface area contributed by atoms with E-state index in [1.54, 1.807) is 0 Å². The molecule has 0 aliphatic carbocycles. The van der Waals surface area contributed by atoms with Gasteiger partial charge in [0.1, 0.15) is 0 Å². The van der Waals surface area contributed by atoms with Crippen LogP contribution in [0.15, 0.2) is 6.07 Å². The highest BCUT2D eigenvalue weighted by Gasteiger charge is 2.08. The van der Waals surface area contributed by atoms with Crippen LogP contribution in [-0.2, 0) is 13.0 Å². The first kappa shape index (κ1) is 15.8. The maximum Gasteiger partial charge on any atom is 0.0626 e. The zero-order valence-corrected chi connectivity index (χ0v) is 13.9. The van der Waals surface area contributed by atoms with E-state index in [9.17, 15) is 0 Å². The molecule has 2 rings (SSSR count). The lowest BCUT2D eigenvalue weighted by atomic mass is 10.1. The van der Waals surface area contributed by atoms with E-state index in [0.717, 1.165) is 43.9 Å². The van der Waals surface area contributed by atoms with Crippen LogP contribution in [0.3, 0.4) is 0 Å². The summed E-state index contributed by atoms with van der Waals surface area (Å²) in [5.74, 6) is 0. The number of nitrogens with one attached hydrogen (secondary N) is 1. The lowest BCUT2D eigenvalue weighted by Gasteiger charge is -2.16. The van der Waals surface area contributed by atoms with Crippen LogP contribution >= 0.6 is 0 Å². The zero-order chi connectivity index (χ0) is 15.4. The molecule has 5 heteroatoms. The van der Waals surface area contributed by atoms with Crippen molar-refractivity contribution < 1.29 is 0 Å². The normalized spacial score (nSPS) is 11.5. The first-order chi connectivity index (χ1) is 9.97. The summed E-state index contributed by atoms with van der Waals surface area (Å²) in [6.07, 6.45) is 2.19. The van der Waals surface area contributed by atoms with E-state index in [2.05, 4.69) is 58.8 Å². The Kier molecular flexibility index (Phi) is 5.17. The largest absolute Gasteiger partial charge is 0.306 e. The molecule has 0 saturated carbocycles. The molecule has 5 nitrogen and oxygen atoms in total. The number of aromatic amines is 1. The molecule has 0 fully saturated rings. The van der Waals surface area contributed by atoms with Crippen molar-refractivity contribution in [2.45, 2.75) is 47.1 Å². The van der Waals surface area contributed by atoms with Crippen LogP contribution in [0.25, 0.3) is 0 Å². The van der Waals surface area contributed by atoms with Gasteiger partial charge in [-0.3, -0.25) is 9.78 Å². The molecule has 2 heterocycles. The fraction of sp³-hybridized carbons (Fsp3) is 0.625. The van der Waals surface area contributed by atoms with Crippen LogP contribution in [0.5, 0.6) is 0 Å². The highest BCUT2D eigenvalue weighted by molar-refractivity contribution is 5.23. The number of nitrogens with zero attached hydrogens (tertiary/aromatic N) is 4. The number of H-pyrrole nitrogens is 1. The minimum Gasteiger partial charge on any atom is -0.306 e.